The summed E-state index contributed by atoms with van der Waals surface area (Å²) in [5.41, 5.74) is 14.3. The molecule has 12 nitrogen and oxygen atoms in total. The summed E-state index contributed by atoms with van der Waals surface area (Å²) in [4.78, 5) is 27.1. The van der Waals surface area contributed by atoms with E-state index >= 15 is 0 Å². The molecule has 0 saturated carbocycles. The van der Waals surface area contributed by atoms with Crippen LogP contribution in [-0.4, -0.2) is 72.2 Å². The third kappa shape index (κ3) is 6.39. The number of phenols is 1. The van der Waals surface area contributed by atoms with E-state index in [4.69, 9.17) is 30.1 Å². The molecule has 0 aliphatic carbocycles. The minimum absolute atomic E-state index is 0.0782. The maximum Gasteiger partial charge on any atom is 0.341 e. The Morgan fingerprint density at radius 1 is 1.18 bits per heavy atom. The Kier molecular flexibility index (Phi) is 9.09. The highest BCUT2D eigenvalue weighted by Gasteiger charge is 2.63. The smallest absolute Gasteiger partial charge is 0.341 e. The number of dihydropyridines is 2. The highest BCUT2D eigenvalue weighted by Crippen LogP contribution is 2.48. The number of nitrogens with two attached hydrogens (primary N) is 2. The topological polar surface area (TPSA) is 187 Å². The third-order valence-corrected chi connectivity index (χ3v) is 12.4. The molecule has 1 saturated heterocycles. The molecule has 6 heterocycles. The van der Waals surface area contributed by atoms with Crippen molar-refractivity contribution in [2.45, 2.75) is 75.4 Å². The fourth-order valence-corrected chi connectivity index (χ4v) is 9.60. The van der Waals surface area contributed by atoms with Crippen LogP contribution in [0, 0.1) is 6.92 Å². The van der Waals surface area contributed by atoms with Crippen LogP contribution in [-0.2, 0) is 20.7 Å². The van der Waals surface area contributed by atoms with Gasteiger partial charge in [0.2, 0.25) is 0 Å². The molecule has 1 aromatic carbocycles. The molecule has 0 amide bonds. The first kappa shape index (κ1) is 33.8. The molecule has 5 atom stereocenters. The Hall–Kier alpha value is -3.72. The number of aromatic hydroxyl groups is 1. The average molecular weight is 710 g/mol. The molecule has 8 N–H and O–H groups in total. The monoisotopic (exact) mass is 709 g/mol. The summed E-state index contributed by atoms with van der Waals surface area (Å²) in [6.45, 7) is 4.80. The van der Waals surface area contributed by atoms with E-state index in [1.54, 1.807) is 34.6 Å². The van der Waals surface area contributed by atoms with Crippen molar-refractivity contribution in [1.29, 1.82) is 0 Å². The van der Waals surface area contributed by atoms with E-state index in [2.05, 4.69) is 28.1 Å². The van der Waals surface area contributed by atoms with Crippen LogP contribution in [0.15, 0.2) is 67.9 Å². The molecule has 5 aliphatic rings. The molecule has 7 rings (SSSR count). The van der Waals surface area contributed by atoms with Gasteiger partial charge in [-0.2, -0.15) is 0 Å². The van der Waals surface area contributed by atoms with Gasteiger partial charge in [-0.3, -0.25) is 4.79 Å². The van der Waals surface area contributed by atoms with Gasteiger partial charge in [0.25, 0.3) is 0 Å². The lowest BCUT2D eigenvalue weighted by atomic mass is 9.86. The second-order valence-electron chi connectivity index (χ2n) is 13.4. The number of carbonyl (C=O) groups excluding carboxylic acids is 1. The van der Waals surface area contributed by atoms with Gasteiger partial charge in [0.1, 0.15) is 45.8 Å². The van der Waals surface area contributed by atoms with Gasteiger partial charge < -0.3 is 51.2 Å². The van der Waals surface area contributed by atoms with Crippen molar-refractivity contribution < 1.29 is 28.5 Å². The zero-order chi connectivity index (χ0) is 34.5. The highest BCUT2D eigenvalue weighted by atomic mass is 33.1. The summed E-state index contributed by atoms with van der Waals surface area (Å²) >= 11 is 0. The average Bonchev–Trinajstić information content (AvgIpc) is 3.77. The second-order valence-corrected chi connectivity index (χ2v) is 16.0. The Bertz CT molecular complexity index is 1870. The van der Waals surface area contributed by atoms with E-state index in [1.165, 1.54) is 6.07 Å². The minimum atomic E-state index is -1.12. The molecule has 49 heavy (non-hydrogen) atoms. The molecule has 1 aromatic heterocycles. The molecule has 1 fully saturated rings. The number of allylic oxidation sites excluding steroid dienone is 2. The summed E-state index contributed by atoms with van der Waals surface area (Å²) in [7, 11) is 5.21. The van der Waals surface area contributed by atoms with Gasteiger partial charge in [-0.1, -0.05) is 33.7 Å². The minimum Gasteiger partial charge on any atom is -0.507 e. The lowest BCUT2D eigenvalue weighted by Gasteiger charge is -2.42. The maximum absolute atomic E-state index is 14.2. The fourth-order valence-electron chi connectivity index (χ4n) is 7.26. The van der Waals surface area contributed by atoms with Gasteiger partial charge >= 0.3 is 5.97 Å². The van der Waals surface area contributed by atoms with Crippen LogP contribution in [0.4, 0.5) is 0 Å². The number of carbonyl (C=O) groups is 1. The normalized spacial score (nSPS) is 30.2. The molecule has 2 aromatic rings. The van der Waals surface area contributed by atoms with Crippen molar-refractivity contribution in [1.82, 2.24) is 16.0 Å². The van der Waals surface area contributed by atoms with Gasteiger partial charge in [0.15, 0.2) is 11.0 Å². The zero-order valence-corrected chi connectivity index (χ0v) is 29.5. The molecule has 0 spiro atoms. The predicted molar refractivity (Wildman–Crippen MR) is 191 cm³/mol. The Labute approximate surface area is 292 Å². The number of fused-ring (bicyclic) bond motifs is 7. The SMILES string of the molecule is CNCC[C@]12O[C@@H]1CCC1=CC(NC(N)=C1)C1=CCNC(N)=C1CSSCC[C@]1(C)Oc3cc4oc(C)cc(=O)c4c(O)c3C[C@H]1OC2=O. The van der Waals surface area contributed by atoms with Crippen molar-refractivity contribution in [2.75, 3.05) is 31.6 Å². The fraction of sp³-hybridized carbons (Fsp3) is 0.486. The molecule has 262 valence electrons. The van der Waals surface area contributed by atoms with Crippen LogP contribution in [0.3, 0.4) is 0 Å². The number of nitrogens with one attached hydrogen (secondary N) is 3. The van der Waals surface area contributed by atoms with Crippen LogP contribution < -0.4 is 37.6 Å². The standard InChI is InChI=1S/C35H43N5O7S2/c1-18-12-24(41)30-26(44-18)16-25-21(31(30)42)15-28-34(2,46-25)8-11-48-49-17-22-20(6-9-39-32(22)37)23-13-19(14-29(36)40-23)4-5-27-35(47-27,7-10-38-3)33(43)45-28/h6,12-14,16,23,27-28,38-40,42H,4-5,7-11,15,17,36-37H2,1-3H3/t23?,27-,28-,34+,35+/m1/s1. The van der Waals surface area contributed by atoms with Gasteiger partial charge in [0, 0.05) is 60.6 Å². The summed E-state index contributed by atoms with van der Waals surface area (Å²) in [6.07, 6.45) is 7.54. The highest BCUT2D eigenvalue weighted by molar-refractivity contribution is 8.76. The summed E-state index contributed by atoms with van der Waals surface area (Å²) in [5, 5.41) is 21.3. The van der Waals surface area contributed by atoms with Crippen molar-refractivity contribution in [3.63, 3.8) is 0 Å². The van der Waals surface area contributed by atoms with Gasteiger partial charge in [0.05, 0.1) is 18.0 Å². The van der Waals surface area contributed by atoms with Crippen molar-refractivity contribution >= 4 is 38.5 Å². The Morgan fingerprint density at radius 3 is 2.84 bits per heavy atom. The Morgan fingerprint density at radius 2 is 2.02 bits per heavy atom. The first-order valence-electron chi connectivity index (χ1n) is 16.6. The van der Waals surface area contributed by atoms with Crippen LogP contribution in [0.1, 0.15) is 43.9 Å². The summed E-state index contributed by atoms with van der Waals surface area (Å²) in [5.74, 6) is 2.74. The predicted octanol–water partition coefficient (Wildman–Crippen LogP) is 3.12. The number of epoxide rings is 1. The lowest BCUT2D eigenvalue weighted by molar-refractivity contribution is -0.169. The van der Waals surface area contributed by atoms with Crippen LogP contribution in [0.5, 0.6) is 11.5 Å². The van der Waals surface area contributed by atoms with Gasteiger partial charge in [-0.15, -0.1) is 0 Å². The van der Waals surface area contributed by atoms with Crippen molar-refractivity contribution in [3.05, 3.63) is 80.3 Å². The number of hydrogen-bond donors (Lipinski definition) is 6. The van der Waals surface area contributed by atoms with Crippen molar-refractivity contribution in [3.8, 4) is 11.5 Å². The maximum atomic E-state index is 14.2. The molecule has 0 radical (unpaired) electrons. The first-order chi connectivity index (χ1) is 23.5. The summed E-state index contributed by atoms with van der Waals surface area (Å²) < 4.78 is 25.1. The third-order valence-electron chi connectivity index (χ3n) is 10.1. The first-order valence-corrected chi connectivity index (χ1v) is 19.1. The molecule has 2 bridgehead atoms. The lowest BCUT2D eigenvalue weighted by Crippen LogP contribution is -2.53. The molecule has 14 heteroatoms. The summed E-state index contributed by atoms with van der Waals surface area (Å²) in [6, 6.07) is 2.87. The number of phenolic OH excluding ortho intramolecular Hbond substituents is 1. The number of esters is 1. The van der Waals surface area contributed by atoms with Gasteiger partial charge in [-0.05, 0) is 57.5 Å². The number of ether oxygens (including phenoxy) is 3. The van der Waals surface area contributed by atoms with E-state index in [0.29, 0.717) is 79.0 Å². The Balaban J connectivity index is 1.23. The number of benzene rings is 1. The number of aryl methyl sites for hydroxylation is 1. The van der Waals surface area contributed by atoms with Gasteiger partial charge in [-0.25, -0.2) is 4.79 Å². The zero-order valence-electron chi connectivity index (χ0n) is 27.9. The van der Waals surface area contributed by atoms with E-state index in [-0.39, 0.29) is 40.7 Å². The van der Waals surface area contributed by atoms with E-state index in [9.17, 15) is 14.7 Å². The van der Waals surface area contributed by atoms with E-state index in [0.717, 1.165) is 16.7 Å². The van der Waals surface area contributed by atoms with Crippen LogP contribution in [0.25, 0.3) is 11.0 Å². The quantitative estimate of drug-likeness (QED) is 0.155. The molecule has 5 aliphatic heterocycles. The van der Waals surface area contributed by atoms with Crippen LogP contribution in [0.2, 0.25) is 0 Å². The van der Waals surface area contributed by atoms with Crippen LogP contribution >= 0.6 is 21.6 Å². The largest absolute Gasteiger partial charge is 0.507 e. The molecule has 1 unspecified atom stereocenters. The molecular formula is C35H43N5O7S2. The van der Waals surface area contributed by atoms with E-state index < -0.39 is 23.3 Å². The van der Waals surface area contributed by atoms with E-state index in [1.807, 2.05) is 20.0 Å². The number of hydrogen-bond acceptors (Lipinski definition) is 14. The molecular weight excluding hydrogens is 667 g/mol. The number of rotatable bonds is 3. The second kappa shape index (κ2) is 13.2. The van der Waals surface area contributed by atoms with Crippen molar-refractivity contribution in [2.24, 2.45) is 11.5 Å².